The second kappa shape index (κ2) is 3.44. The van der Waals surface area contributed by atoms with E-state index in [4.69, 9.17) is 17.2 Å². The van der Waals surface area contributed by atoms with Crippen LogP contribution in [-0.2, 0) is 10.1 Å². The molecule has 77 valence electrons. The molecule has 0 spiro atoms. The fourth-order valence-electron chi connectivity index (χ4n) is 1.36. The standard InChI is InChI=1S/C10H7O3S2/c11-15(12,13)10-4-2-7-1-3-9(14)5-8(7)6-10/h1-6H,(H,11,12,13). The zero-order valence-corrected chi connectivity index (χ0v) is 9.18. The number of rotatable bonds is 1. The van der Waals surface area contributed by atoms with E-state index in [2.05, 4.69) is 0 Å². The lowest BCUT2D eigenvalue weighted by molar-refractivity contribution is 0.483. The molecule has 1 radical (unpaired) electrons. The fourth-order valence-corrected chi connectivity index (χ4v) is 2.07. The molecule has 2 aromatic carbocycles. The predicted octanol–water partition coefficient (Wildman–Crippen LogP) is 2.64. The van der Waals surface area contributed by atoms with Crippen LogP contribution in [0.15, 0.2) is 46.2 Å². The van der Waals surface area contributed by atoms with Gasteiger partial charge in [0.05, 0.1) is 4.90 Å². The normalized spacial score (nSPS) is 11.8. The van der Waals surface area contributed by atoms with E-state index in [0.717, 1.165) is 5.39 Å². The van der Waals surface area contributed by atoms with Gasteiger partial charge >= 0.3 is 0 Å². The number of hydrogen-bond donors (Lipinski definition) is 1. The van der Waals surface area contributed by atoms with Gasteiger partial charge in [-0.3, -0.25) is 4.55 Å². The Balaban J connectivity index is 2.75. The summed E-state index contributed by atoms with van der Waals surface area (Å²) in [7, 11) is -4.14. The van der Waals surface area contributed by atoms with Crippen molar-refractivity contribution in [1.29, 1.82) is 0 Å². The Labute approximate surface area is 92.9 Å². The van der Waals surface area contributed by atoms with Crippen molar-refractivity contribution in [2.45, 2.75) is 9.79 Å². The predicted molar refractivity (Wildman–Crippen MR) is 59.6 cm³/mol. The summed E-state index contributed by atoms with van der Waals surface area (Å²) in [5.74, 6) is 0. The summed E-state index contributed by atoms with van der Waals surface area (Å²) >= 11 is 4.96. The summed E-state index contributed by atoms with van der Waals surface area (Å²) < 4.78 is 30.6. The first-order valence-corrected chi connectivity index (χ1v) is 6.00. The summed E-state index contributed by atoms with van der Waals surface area (Å²) in [5.41, 5.74) is 0. The Kier molecular flexibility index (Phi) is 2.38. The monoisotopic (exact) mass is 239 g/mol. The molecule has 0 heterocycles. The van der Waals surface area contributed by atoms with Gasteiger partial charge in [-0.05, 0) is 35.0 Å². The van der Waals surface area contributed by atoms with Crippen LogP contribution in [0.5, 0.6) is 0 Å². The van der Waals surface area contributed by atoms with Crippen molar-refractivity contribution in [3.05, 3.63) is 36.4 Å². The van der Waals surface area contributed by atoms with Crippen LogP contribution in [0.4, 0.5) is 0 Å². The van der Waals surface area contributed by atoms with Crippen molar-refractivity contribution >= 4 is 33.5 Å². The van der Waals surface area contributed by atoms with E-state index in [1.54, 1.807) is 18.2 Å². The highest BCUT2D eigenvalue weighted by Crippen LogP contribution is 2.21. The molecule has 0 atom stereocenters. The van der Waals surface area contributed by atoms with Crippen LogP contribution >= 0.6 is 12.6 Å². The Morgan fingerprint density at radius 3 is 2.33 bits per heavy atom. The Morgan fingerprint density at radius 2 is 1.67 bits per heavy atom. The van der Waals surface area contributed by atoms with Gasteiger partial charge in [-0.1, -0.05) is 24.8 Å². The van der Waals surface area contributed by atoms with Crippen molar-refractivity contribution in [2.24, 2.45) is 0 Å². The van der Waals surface area contributed by atoms with Crippen molar-refractivity contribution in [3.8, 4) is 0 Å². The molecule has 0 saturated carbocycles. The fraction of sp³-hybridized carbons (Fsp3) is 0. The van der Waals surface area contributed by atoms with Gasteiger partial charge in [0, 0.05) is 4.90 Å². The highest BCUT2D eigenvalue weighted by atomic mass is 32.2. The third-order valence-corrected chi connectivity index (χ3v) is 3.18. The molecule has 15 heavy (non-hydrogen) atoms. The minimum Gasteiger partial charge on any atom is -0.282 e. The van der Waals surface area contributed by atoms with Crippen molar-refractivity contribution < 1.29 is 13.0 Å². The van der Waals surface area contributed by atoms with Gasteiger partial charge in [0.25, 0.3) is 10.1 Å². The summed E-state index contributed by atoms with van der Waals surface area (Å²) in [5, 5.41) is 1.59. The van der Waals surface area contributed by atoms with Gasteiger partial charge in [-0.2, -0.15) is 8.42 Å². The lowest BCUT2D eigenvalue weighted by atomic mass is 10.1. The van der Waals surface area contributed by atoms with Crippen LogP contribution in [0.2, 0.25) is 0 Å². The Morgan fingerprint density at radius 1 is 1.00 bits per heavy atom. The van der Waals surface area contributed by atoms with Gasteiger partial charge < -0.3 is 0 Å². The van der Waals surface area contributed by atoms with Crippen LogP contribution in [-0.4, -0.2) is 13.0 Å². The first-order chi connectivity index (χ1) is 6.97. The topological polar surface area (TPSA) is 54.4 Å². The van der Waals surface area contributed by atoms with Crippen LogP contribution in [0.25, 0.3) is 10.8 Å². The van der Waals surface area contributed by atoms with Crippen LogP contribution in [0, 0.1) is 0 Å². The molecule has 0 amide bonds. The molecule has 0 saturated heterocycles. The molecular formula is C10H7O3S2. The van der Waals surface area contributed by atoms with Crippen molar-refractivity contribution in [3.63, 3.8) is 0 Å². The van der Waals surface area contributed by atoms with Gasteiger partial charge in [0.1, 0.15) is 0 Å². The van der Waals surface area contributed by atoms with E-state index >= 15 is 0 Å². The molecular weight excluding hydrogens is 232 g/mol. The maximum absolute atomic E-state index is 10.9. The average molecular weight is 239 g/mol. The van der Waals surface area contributed by atoms with Gasteiger partial charge in [0.15, 0.2) is 0 Å². The molecule has 2 rings (SSSR count). The largest absolute Gasteiger partial charge is 0.294 e. The lowest BCUT2D eigenvalue weighted by Gasteiger charge is -2.01. The van der Waals surface area contributed by atoms with E-state index in [-0.39, 0.29) is 4.90 Å². The molecule has 3 nitrogen and oxygen atoms in total. The minimum absolute atomic E-state index is 0.115. The summed E-state index contributed by atoms with van der Waals surface area (Å²) in [6.45, 7) is 0. The number of fused-ring (bicyclic) bond motifs is 1. The molecule has 5 heteroatoms. The second-order valence-corrected chi connectivity index (χ2v) is 5.04. The van der Waals surface area contributed by atoms with Crippen LogP contribution in [0.3, 0.4) is 0 Å². The highest BCUT2D eigenvalue weighted by molar-refractivity contribution is 7.85. The van der Waals surface area contributed by atoms with E-state index in [1.165, 1.54) is 12.1 Å². The Bertz CT molecular complexity index is 618. The second-order valence-electron chi connectivity index (χ2n) is 3.15. The molecule has 2 aromatic rings. The zero-order chi connectivity index (χ0) is 11.1. The maximum atomic E-state index is 10.9. The minimum atomic E-state index is -4.14. The smallest absolute Gasteiger partial charge is 0.282 e. The van der Waals surface area contributed by atoms with Gasteiger partial charge in [-0.25, -0.2) is 0 Å². The van der Waals surface area contributed by atoms with E-state index in [1.807, 2.05) is 6.07 Å². The highest BCUT2D eigenvalue weighted by Gasteiger charge is 2.09. The SMILES string of the molecule is O=S(=O)(O)c1ccc2ccc([S])cc2c1. The summed E-state index contributed by atoms with van der Waals surface area (Å²) in [6.07, 6.45) is 0. The number of benzene rings is 2. The molecule has 1 N–H and O–H groups in total. The molecule has 0 aliphatic carbocycles. The molecule has 0 aliphatic heterocycles. The maximum Gasteiger partial charge on any atom is 0.294 e. The first-order valence-electron chi connectivity index (χ1n) is 4.15. The van der Waals surface area contributed by atoms with Crippen molar-refractivity contribution in [1.82, 2.24) is 0 Å². The third kappa shape index (κ3) is 2.09. The third-order valence-electron chi connectivity index (χ3n) is 2.08. The Hall–Kier alpha value is -1.17. The molecule has 0 aromatic heterocycles. The van der Waals surface area contributed by atoms with E-state index < -0.39 is 10.1 Å². The van der Waals surface area contributed by atoms with Crippen LogP contribution < -0.4 is 0 Å². The molecule has 0 unspecified atom stereocenters. The van der Waals surface area contributed by atoms with Crippen LogP contribution in [0.1, 0.15) is 0 Å². The number of hydrogen-bond acceptors (Lipinski definition) is 2. The first kappa shape index (κ1) is 10.4. The van der Waals surface area contributed by atoms with E-state index in [9.17, 15) is 8.42 Å². The van der Waals surface area contributed by atoms with Gasteiger partial charge in [-0.15, -0.1) is 0 Å². The van der Waals surface area contributed by atoms with E-state index in [0.29, 0.717) is 10.3 Å². The molecule has 0 aliphatic rings. The van der Waals surface area contributed by atoms with Crippen molar-refractivity contribution in [2.75, 3.05) is 0 Å². The molecule has 0 bridgehead atoms. The zero-order valence-electron chi connectivity index (χ0n) is 7.54. The van der Waals surface area contributed by atoms with Gasteiger partial charge in [0.2, 0.25) is 0 Å². The molecule has 0 fully saturated rings. The summed E-state index contributed by atoms with van der Waals surface area (Å²) in [6, 6.07) is 9.67. The summed E-state index contributed by atoms with van der Waals surface area (Å²) in [4.78, 5) is 0.519. The lowest BCUT2D eigenvalue weighted by Crippen LogP contribution is -1.97. The quantitative estimate of drug-likeness (QED) is 0.778. The average Bonchev–Trinajstić information content (AvgIpc) is 2.15.